The molecule has 1 aromatic rings. The van der Waals surface area contributed by atoms with Crippen LogP contribution in [0.5, 0.6) is 11.5 Å². The molecule has 0 aromatic heterocycles. The van der Waals surface area contributed by atoms with Crippen molar-refractivity contribution in [2.75, 3.05) is 40.1 Å². The molecule has 2 atom stereocenters. The van der Waals surface area contributed by atoms with Gasteiger partial charge in [-0.1, -0.05) is 6.07 Å². The largest absolute Gasteiger partial charge is 0.493 e. The van der Waals surface area contributed by atoms with Crippen LogP contribution in [-0.2, 0) is 10.0 Å². The third-order valence-electron chi connectivity index (χ3n) is 4.85. The maximum Gasteiger partial charge on any atom is 0.257 e. The number of rotatable bonds is 4. The number of ether oxygens (including phenoxy) is 2. The Balaban J connectivity index is 1.82. The van der Waals surface area contributed by atoms with Crippen LogP contribution in [0.25, 0.3) is 0 Å². The van der Waals surface area contributed by atoms with E-state index in [0.717, 1.165) is 6.42 Å². The Kier molecular flexibility index (Phi) is 4.44. The number of hydrogen-bond acceptors (Lipinski definition) is 5. The Morgan fingerprint density at radius 2 is 1.96 bits per heavy atom. The first-order valence-corrected chi connectivity index (χ1v) is 9.68. The molecule has 2 saturated heterocycles. The number of nitrogens with zero attached hydrogens (tertiary/aromatic N) is 2. The summed E-state index contributed by atoms with van der Waals surface area (Å²) >= 11 is 0. The standard InChI is InChI=1S/C16H22N2O5S/c1-22-14-6-4-5-12(15(14)23-2)16(19)17-8-7-11-9-18(13(11)10-17)24(3,20)21/h4-6,11,13H,7-10H2,1-3H3/t11-,13-/m1/s1. The van der Waals surface area contributed by atoms with Gasteiger partial charge in [-0.2, -0.15) is 4.31 Å². The minimum absolute atomic E-state index is 0.116. The molecule has 8 heteroatoms. The van der Waals surface area contributed by atoms with Crippen molar-refractivity contribution in [1.82, 2.24) is 9.21 Å². The summed E-state index contributed by atoms with van der Waals surface area (Å²) in [5.74, 6) is 1.08. The fourth-order valence-corrected chi connectivity index (χ4v) is 4.73. The monoisotopic (exact) mass is 354 g/mol. The fourth-order valence-electron chi connectivity index (χ4n) is 3.54. The minimum atomic E-state index is -3.22. The lowest BCUT2D eigenvalue weighted by Gasteiger charge is -2.51. The molecule has 0 aliphatic carbocycles. The molecule has 3 rings (SSSR count). The zero-order chi connectivity index (χ0) is 17.5. The molecule has 2 aliphatic heterocycles. The van der Waals surface area contributed by atoms with Crippen LogP contribution in [0.2, 0.25) is 0 Å². The first-order chi connectivity index (χ1) is 11.4. The molecule has 24 heavy (non-hydrogen) atoms. The summed E-state index contributed by atoms with van der Waals surface area (Å²) in [6.07, 6.45) is 2.03. The first-order valence-electron chi connectivity index (χ1n) is 7.84. The van der Waals surface area contributed by atoms with Crippen LogP contribution in [0.3, 0.4) is 0 Å². The van der Waals surface area contributed by atoms with Crippen LogP contribution in [0.4, 0.5) is 0 Å². The van der Waals surface area contributed by atoms with E-state index in [9.17, 15) is 13.2 Å². The summed E-state index contributed by atoms with van der Waals surface area (Å²) in [5.41, 5.74) is 0.431. The number of benzene rings is 1. The van der Waals surface area contributed by atoms with Crippen LogP contribution in [-0.4, -0.2) is 69.7 Å². The molecule has 2 aliphatic rings. The number of carbonyl (C=O) groups is 1. The van der Waals surface area contributed by atoms with Crippen LogP contribution in [0.15, 0.2) is 18.2 Å². The van der Waals surface area contributed by atoms with E-state index in [2.05, 4.69) is 0 Å². The quantitative estimate of drug-likeness (QED) is 0.800. The molecule has 0 saturated carbocycles. The number of piperidine rings is 1. The molecule has 1 aromatic carbocycles. The van der Waals surface area contributed by atoms with Crippen molar-refractivity contribution >= 4 is 15.9 Å². The summed E-state index contributed by atoms with van der Waals surface area (Å²) in [6.45, 7) is 1.60. The molecule has 0 spiro atoms. The molecular weight excluding hydrogens is 332 g/mol. The van der Waals surface area contributed by atoms with Gasteiger partial charge in [0.2, 0.25) is 10.0 Å². The average molecular weight is 354 g/mol. The van der Waals surface area contributed by atoms with Gasteiger partial charge in [-0.25, -0.2) is 8.42 Å². The second-order valence-electron chi connectivity index (χ2n) is 6.24. The summed E-state index contributed by atoms with van der Waals surface area (Å²) in [7, 11) is -0.201. The molecule has 2 fully saturated rings. The van der Waals surface area contributed by atoms with Crippen LogP contribution in [0, 0.1) is 5.92 Å². The zero-order valence-corrected chi connectivity index (χ0v) is 14.9. The van der Waals surface area contributed by atoms with Gasteiger partial charge in [-0.05, 0) is 24.5 Å². The van der Waals surface area contributed by atoms with Gasteiger partial charge in [0.25, 0.3) is 5.91 Å². The van der Waals surface area contributed by atoms with Gasteiger partial charge in [0.15, 0.2) is 11.5 Å². The summed E-state index contributed by atoms with van der Waals surface area (Å²) in [5, 5.41) is 0. The predicted octanol–water partition coefficient (Wildman–Crippen LogP) is 0.810. The van der Waals surface area contributed by atoms with Gasteiger partial charge < -0.3 is 14.4 Å². The number of fused-ring (bicyclic) bond motifs is 1. The highest BCUT2D eigenvalue weighted by Gasteiger charge is 2.47. The lowest BCUT2D eigenvalue weighted by molar-refractivity contribution is 0.0139. The van der Waals surface area contributed by atoms with Crippen molar-refractivity contribution in [3.05, 3.63) is 23.8 Å². The average Bonchev–Trinajstić information content (AvgIpc) is 2.53. The van der Waals surface area contributed by atoms with E-state index in [1.807, 2.05) is 0 Å². The lowest BCUT2D eigenvalue weighted by Crippen LogP contribution is -2.65. The Hall–Kier alpha value is -1.80. The van der Waals surface area contributed by atoms with Crippen molar-refractivity contribution in [1.29, 1.82) is 0 Å². The summed E-state index contributed by atoms with van der Waals surface area (Å²) < 4.78 is 35.6. The molecule has 0 bridgehead atoms. The van der Waals surface area contributed by atoms with Gasteiger partial charge in [0, 0.05) is 25.7 Å². The van der Waals surface area contributed by atoms with Crippen molar-refractivity contribution in [2.24, 2.45) is 5.92 Å². The number of sulfonamides is 1. The lowest BCUT2D eigenvalue weighted by atomic mass is 9.84. The van der Waals surface area contributed by atoms with E-state index in [4.69, 9.17) is 9.47 Å². The highest BCUT2D eigenvalue weighted by molar-refractivity contribution is 7.88. The van der Waals surface area contributed by atoms with Crippen molar-refractivity contribution in [2.45, 2.75) is 12.5 Å². The van der Waals surface area contributed by atoms with Crippen LogP contribution < -0.4 is 9.47 Å². The Bertz CT molecular complexity index is 749. The van der Waals surface area contributed by atoms with E-state index in [-0.39, 0.29) is 11.9 Å². The van der Waals surface area contributed by atoms with E-state index < -0.39 is 10.0 Å². The molecule has 2 heterocycles. The van der Waals surface area contributed by atoms with Crippen LogP contribution >= 0.6 is 0 Å². The number of hydrogen-bond donors (Lipinski definition) is 0. The second kappa shape index (κ2) is 6.25. The third kappa shape index (κ3) is 2.84. The second-order valence-corrected chi connectivity index (χ2v) is 8.18. The smallest absolute Gasteiger partial charge is 0.257 e. The van der Waals surface area contributed by atoms with Gasteiger partial charge in [-0.15, -0.1) is 0 Å². The predicted molar refractivity (Wildman–Crippen MR) is 88.9 cm³/mol. The Labute approximate surface area is 142 Å². The highest BCUT2D eigenvalue weighted by atomic mass is 32.2. The zero-order valence-electron chi connectivity index (χ0n) is 14.1. The molecule has 7 nitrogen and oxygen atoms in total. The molecule has 132 valence electrons. The Morgan fingerprint density at radius 3 is 2.58 bits per heavy atom. The SMILES string of the molecule is COc1cccc(C(=O)N2CC[C@@H]3CN(S(C)(=O)=O)[C@@H]3C2)c1OC. The molecule has 0 radical (unpaired) electrons. The summed E-state index contributed by atoms with van der Waals surface area (Å²) in [4.78, 5) is 14.6. The van der Waals surface area contributed by atoms with Crippen LogP contribution in [0.1, 0.15) is 16.8 Å². The van der Waals surface area contributed by atoms with Gasteiger partial charge in [0.1, 0.15) is 0 Å². The van der Waals surface area contributed by atoms with Gasteiger partial charge in [0.05, 0.1) is 26.0 Å². The number of amides is 1. The maximum atomic E-state index is 12.9. The molecule has 0 unspecified atom stereocenters. The molecular formula is C16H22N2O5S. The van der Waals surface area contributed by atoms with E-state index in [1.54, 1.807) is 23.1 Å². The molecule has 0 N–H and O–H groups in total. The van der Waals surface area contributed by atoms with Gasteiger partial charge in [-0.3, -0.25) is 4.79 Å². The van der Waals surface area contributed by atoms with E-state index >= 15 is 0 Å². The maximum absolute atomic E-state index is 12.9. The highest BCUT2D eigenvalue weighted by Crippen LogP contribution is 2.36. The van der Waals surface area contributed by atoms with E-state index in [1.165, 1.54) is 24.8 Å². The minimum Gasteiger partial charge on any atom is -0.493 e. The number of carbonyl (C=O) groups excluding carboxylic acids is 1. The number of methoxy groups -OCH3 is 2. The van der Waals surface area contributed by atoms with Crippen molar-refractivity contribution in [3.63, 3.8) is 0 Å². The third-order valence-corrected chi connectivity index (χ3v) is 6.12. The normalized spacial score (nSPS) is 24.0. The van der Waals surface area contributed by atoms with Crippen molar-refractivity contribution in [3.8, 4) is 11.5 Å². The fraction of sp³-hybridized carbons (Fsp3) is 0.562. The summed E-state index contributed by atoms with van der Waals surface area (Å²) in [6, 6.07) is 5.06. The first kappa shape index (κ1) is 17.0. The molecule has 1 amide bonds. The number of likely N-dealkylation sites (tertiary alicyclic amines) is 1. The number of para-hydroxylation sites is 1. The van der Waals surface area contributed by atoms with E-state index in [0.29, 0.717) is 42.6 Å². The topological polar surface area (TPSA) is 76.2 Å². The van der Waals surface area contributed by atoms with Gasteiger partial charge >= 0.3 is 0 Å². The van der Waals surface area contributed by atoms with Crippen molar-refractivity contribution < 1.29 is 22.7 Å². The Morgan fingerprint density at radius 1 is 1.21 bits per heavy atom.